The van der Waals surface area contributed by atoms with Gasteiger partial charge in [0.25, 0.3) is 0 Å². The third-order valence-electron chi connectivity index (χ3n) is 1.56. The molecule has 0 aromatic rings. The molecule has 0 atom stereocenters. The third kappa shape index (κ3) is 1.78. The molecule has 0 radical (unpaired) electrons. The Kier molecular flexibility index (Phi) is 2.75. The van der Waals surface area contributed by atoms with Crippen LogP contribution in [-0.2, 0) is 9.47 Å². The molecule has 0 aliphatic carbocycles. The van der Waals surface area contributed by atoms with Crippen LogP contribution >= 0.6 is 0 Å². The Morgan fingerprint density at radius 1 is 1.42 bits per heavy atom. The van der Waals surface area contributed by atoms with Crippen LogP contribution in [-0.4, -0.2) is 6.61 Å². The SMILES string of the molecule is C=CC1=C(C=C)OC=C(C)OC1. The highest BCUT2D eigenvalue weighted by Crippen LogP contribution is 2.16. The highest BCUT2D eigenvalue weighted by molar-refractivity contribution is 5.29. The van der Waals surface area contributed by atoms with Gasteiger partial charge in [-0.1, -0.05) is 19.2 Å². The molecule has 0 aromatic heterocycles. The van der Waals surface area contributed by atoms with Crippen molar-refractivity contribution in [3.05, 3.63) is 48.7 Å². The van der Waals surface area contributed by atoms with Crippen LogP contribution in [0.15, 0.2) is 48.7 Å². The second kappa shape index (κ2) is 3.81. The van der Waals surface area contributed by atoms with Crippen LogP contribution in [0.1, 0.15) is 6.92 Å². The second-order valence-electron chi connectivity index (χ2n) is 2.43. The van der Waals surface area contributed by atoms with E-state index in [1.54, 1.807) is 18.4 Å². The van der Waals surface area contributed by atoms with Crippen molar-refractivity contribution in [2.75, 3.05) is 6.61 Å². The number of ether oxygens (including phenoxy) is 2. The molecule has 0 saturated carbocycles. The fourth-order valence-corrected chi connectivity index (χ4v) is 0.858. The monoisotopic (exact) mass is 164 g/mol. The molecule has 0 saturated heterocycles. The van der Waals surface area contributed by atoms with E-state index < -0.39 is 0 Å². The van der Waals surface area contributed by atoms with E-state index in [4.69, 9.17) is 9.47 Å². The van der Waals surface area contributed by atoms with Crippen LogP contribution in [0.4, 0.5) is 0 Å². The molecule has 0 amide bonds. The summed E-state index contributed by atoms with van der Waals surface area (Å²) in [6.45, 7) is 9.63. The maximum atomic E-state index is 5.30. The summed E-state index contributed by atoms with van der Waals surface area (Å²) in [7, 11) is 0. The molecule has 0 unspecified atom stereocenters. The molecule has 64 valence electrons. The molecule has 0 aromatic carbocycles. The number of rotatable bonds is 2. The summed E-state index contributed by atoms with van der Waals surface area (Å²) < 4.78 is 10.6. The molecule has 1 rings (SSSR count). The highest BCUT2D eigenvalue weighted by Gasteiger charge is 2.06. The van der Waals surface area contributed by atoms with Gasteiger partial charge in [0.15, 0.2) is 0 Å². The number of hydrogen-bond acceptors (Lipinski definition) is 2. The van der Waals surface area contributed by atoms with Crippen LogP contribution in [0.5, 0.6) is 0 Å². The van der Waals surface area contributed by atoms with Crippen LogP contribution < -0.4 is 0 Å². The quantitative estimate of drug-likeness (QED) is 0.624. The second-order valence-corrected chi connectivity index (χ2v) is 2.43. The van der Waals surface area contributed by atoms with Crippen molar-refractivity contribution in [1.29, 1.82) is 0 Å². The zero-order valence-electron chi connectivity index (χ0n) is 7.17. The van der Waals surface area contributed by atoms with E-state index in [1.165, 1.54) is 0 Å². The first kappa shape index (κ1) is 8.65. The van der Waals surface area contributed by atoms with E-state index >= 15 is 0 Å². The van der Waals surface area contributed by atoms with Crippen molar-refractivity contribution in [2.45, 2.75) is 6.92 Å². The lowest BCUT2D eigenvalue weighted by Gasteiger charge is -2.02. The first-order valence-electron chi connectivity index (χ1n) is 3.72. The molecule has 1 aliphatic heterocycles. The molecule has 12 heavy (non-hydrogen) atoms. The highest BCUT2D eigenvalue weighted by atomic mass is 16.5. The van der Waals surface area contributed by atoms with Crippen molar-refractivity contribution >= 4 is 0 Å². The molecule has 0 spiro atoms. The molecule has 1 heterocycles. The molecule has 0 bridgehead atoms. The van der Waals surface area contributed by atoms with Gasteiger partial charge in [-0.15, -0.1) is 0 Å². The topological polar surface area (TPSA) is 18.5 Å². The number of allylic oxidation sites excluding steroid dienone is 2. The Balaban J connectivity index is 2.89. The Bertz CT molecular complexity index is 259. The van der Waals surface area contributed by atoms with Crippen LogP contribution in [0.2, 0.25) is 0 Å². The van der Waals surface area contributed by atoms with E-state index in [9.17, 15) is 0 Å². The lowest BCUT2D eigenvalue weighted by molar-refractivity contribution is 0.239. The van der Waals surface area contributed by atoms with Gasteiger partial charge in [-0.2, -0.15) is 0 Å². The van der Waals surface area contributed by atoms with Gasteiger partial charge in [0, 0.05) is 5.57 Å². The maximum absolute atomic E-state index is 5.30. The summed E-state index contributed by atoms with van der Waals surface area (Å²) in [6, 6.07) is 0. The van der Waals surface area contributed by atoms with E-state index in [0.717, 1.165) is 11.3 Å². The average molecular weight is 164 g/mol. The summed E-state index contributed by atoms with van der Waals surface area (Å²) in [5, 5.41) is 0. The summed E-state index contributed by atoms with van der Waals surface area (Å²) >= 11 is 0. The summed E-state index contributed by atoms with van der Waals surface area (Å²) in [5.41, 5.74) is 0.915. The molecule has 1 aliphatic rings. The molecule has 2 heteroatoms. The average Bonchev–Trinajstić information content (AvgIpc) is 2.27. The summed E-state index contributed by atoms with van der Waals surface area (Å²) in [4.78, 5) is 0. The smallest absolute Gasteiger partial charge is 0.132 e. The first-order chi connectivity index (χ1) is 5.77. The molecule has 0 N–H and O–H groups in total. The van der Waals surface area contributed by atoms with Crippen molar-refractivity contribution in [2.24, 2.45) is 0 Å². The van der Waals surface area contributed by atoms with Crippen LogP contribution in [0.3, 0.4) is 0 Å². The number of hydrogen-bond donors (Lipinski definition) is 0. The minimum atomic E-state index is 0.493. The Morgan fingerprint density at radius 3 is 2.75 bits per heavy atom. The standard InChI is InChI=1S/C10H12O2/c1-4-9-7-11-8(3)6-12-10(9)5-2/h4-6H,1-2,7H2,3H3. The minimum absolute atomic E-state index is 0.493. The van der Waals surface area contributed by atoms with Gasteiger partial charge in [0.2, 0.25) is 0 Å². The predicted molar refractivity (Wildman–Crippen MR) is 48.2 cm³/mol. The lowest BCUT2D eigenvalue weighted by Crippen LogP contribution is -1.94. The van der Waals surface area contributed by atoms with Crippen molar-refractivity contribution in [3.8, 4) is 0 Å². The molecular weight excluding hydrogens is 152 g/mol. The van der Waals surface area contributed by atoms with Gasteiger partial charge in [-0.3, -0.25) is 0 Å². The van der Waals surface area contributed by atoms with Gasteiger partial charge in [-0.25, -0.2) is 0 Å². The molecule has 0 fully saturated rings. The third-order valence-corrected chi connectivity index (χ3v) is 1.56. The Labute approximate surface area is 72.5 Å². The van der Waals surface area contributed by atoms with Gasteiger partial charge >= 0.3 is 0 Å². The summed E-state index contributed by atoms with van der Waals surface area (Å²) in [6.07, 6.45) is 4.92. The van der Waals surface area contributed by atoms with E-state index in [-0.39, 0.29) is 0 Å². The van der Waals surface area contributed by atoms with Crippen LogP contribution in [0.25, 0.3) is 0 Å². The molecule has 2 nitrogen and oxygen atoms in total. The minimum Gasteiger partial charge on any atom is -0.490 e. The zero-order valence-corrected chi connectivity index (χ0v) is 7.17. The predicted octanol–water partition coefficient (Wildman–Crippen LogP) is 2.52. The van der Waals surface area contributed by atoms with Crippen LogP contribution in [0, 0.1) is 0 Å². The Hall–Kier alpha value is -1.44. The lowest BCUT2D eigenvalue weighted by atomic mass is 10.2. The van der Waals surface area contributed by atoms with E-state index in [2.05, 4.69) is 13.2 Å². The van der Waals surface area contributed by atoms with Gasteiger partial charge in [0.05, 0.1) is 0 Å². The first-order valence-corrected chi connectivity index (χ1v) is 3.72. The molecular formula is C10H12O2. The van der Waals surface area contributed by atoms with Gasteiger partial charge < -0.3 is 9.47 Å². The van der Waals surface area contributed by atoms with E-state index in [0.29, 0.717) is 12.4 Å². The largest absolute Gasteiger partial charge is 0.490 e. The fraction of sp³-hybridized carbons (Fsp3) is 0.200. The summed E-state index contributed by atoms with van der Waals surface area (Å²) in [5.74, 6) is 1.47. The van der Waals surface area contributed by atoms with Crippen molar-refractivity contribution < 1.29 is 9.47 Å². The van der Waals surface area contributed by atoms with E-state index in [1.807, 2.05) is 6.92 Å². The Morgan fingerprint density at radius 2 is 2.17 bits per heavy atom. The van der Waals surface area contributed by atoms with Crippen molar-refractivity contribution in [1.82, 2.24) is 0 Å². The van der Waals surface area contributed by atoms with Gasteiger partial charge in [-0.05, 0) is 13.0 Å². The van der Waals surface area contributed by atoms with Gasteiger partial charge in [0.1, 0.15) is 24.4 Å². The normalized spacial score (nSPS) is 16.9. The van der Waals surface area contributed by atoms with Crippen molar-refractivity contribution in [3.63, 3.8) is 0 Å². The fourth-order valence-electron chi connectivity index (χ4n) is 0.858. The maximum Gasteiger partial charge on any atom is 0.132 e. The zero-order chi connectivity index (χ0) is 8.97.